The maximum absolute atomic E-state index is 2.41. The average molecular weight is 713 g/mol. The first-order chi connectivity index (χ1) is 27.8. The van der Waals surface area contributed by atoms with E-state index in [1.807, 2.05) is 0 Å². The smallest absolute Gasteiger partial charge is 0.0541 e. The molecule has 11 aromatic rings. The third kappa shape index (κ3) is 5.26. The van der Waals surface area contributed by atoms with Gasteiger partial charge in [0, 0.05) is 32.9 Å². The second kappa shape index (κ2) is 13.2. The van der Waals surface area contributed by atoms with E-state index in [1.54, 1.807) is 0 Å². The van der Waals surface area contributed by atoms with Crippen molar-refractivity contribution in [1.82, 2.24) is 9.13 Å². The van der Waals surface area contributed by atoms with Crippen LogP contribution < -0.4 is 0 Å². The van der Waals surface area contributed by atoms with Gasteiger partial charge in [-0.1, -0.05) is 152 Å². The summed E-state index contributed by atoms with van der Waals surface area (Å²) in [4.78, 5) is 0. The SMILES string of the molecule is c1ccc(-c2ccc(-c3ccc(-n4c5ccccc5c5cc(-c6ccc7c(c6)c6ccccc6n7-c6ccccc6)ccc54)cc3)c(-c3ccccc3)c2)cc1. The maximum Gasteiger partial charge on any atom is 0.0541 e. The zero-order valence-electron chi connectivity index (χ0n) is 30.7. The van der Waals surface area contributed by atoms with Crippen molar-refractivity contribution in [3.05, 3.63) is 218 Å². The molecule has 0 aliphatic carbocycles. The van der Waals surface area contributed by atoms with E-state index < -0.39 is 0 Å². The van der Waals surface area contributed by atoms with E-state index in [2.05, 4.69) is 228 Å². The Morgan fingerprint density at radius 1 is 0.214 bits per heavy atom. The summed E-state index contributed by atoms with van der Waals surface area (Å²) in [7, 11) is 0. The van der Waals surface area contributed by atoms with E-state index in [0.29, 0.717) is 0 Å². The molecule has 0 aliphatic heterocycles. The minimum atomic E-state index is 1.14. The normalized spacial score (nSPS) is 11.6. The molecule has 9 aromatic carbocycles. The first-order valence-corrected chi connectivity index (χ1v) is 19.3. The van der Waals surface area contributed by atoms with Crippen LogP contribution in [-0.4, -0.2) is 9.13 Å². The molecule has 262 valence electrons. The second-order valence-corrected chi connectivity index (χ2v) is 14.5. The van der Waals surface area contributed by atoms with Crippen LogP contribution in [0, 0.1) is 0 Å². The molecule has 2 heterocycles. The van der Waals surface area contributed by atoms with E-state index >= 15 is 0 Å². The molecule has 0 N–H and O–H groups in total. The molecule has 56 heavy (non-hydrogen) atoms. The van der Waals surface area contributed by atoms with Crippen molar-refractivity contribution in [2.24, 2.45) is 0 Å². The van der Waals surface area contributed by atoms with E-state index in [-0.39, 0.29) is 0 Å². The topological polar surface area (TPSA) is 9.86 Å². The number of fused-ring (bicyclic) bond motifs is 6. The minimum Gasteiger partial charge on any atom is -0.309 e. The van der Waals surface area contributed by atoms with Crippen molar-refractivity contribution in [2.75, 3.05) is 0 Å². The van der Waals surface area contributed by atoms with Crippen molar-refractivity contribution < 1.29 is 0 Å². The van der Waals surface area contributed by atoms with Gasteiger partial charge in [0.15, 0.2) is 0 Å². The van der Waals surface area contributed by atoms with Crippen LogP contribution in [0.4, 0.5) is 0 Å². The molecule has 0 saturated heterocycles. The lowest BCUT2D eigenvalue weighted by Crippen LogP contribution is -1.94. The van der Waals surface area contributed by atoms with Crippen LogP contribution in [0.5, 0.6) is 0 Å². The fourth-order valence-electron chi connectivity index (χ4n) is 8.69. The lowest BCUT2D eigenvalue weighted by molar-refractivity contribution is 1.18. The maximum atomic E-state index is 2.41. The first kappa shape index (κ1) is 32.0. The van der Waals surface area contributed by atoms with Gasteiger partial charge in [0.2, 0.25) is 0 Å². The Labute approximate surface area is 325 Å². The van der Waals surface area contributed by atoms with Crippen LogP contribution in [0.25, 0.3) is 99.5 Å². The molecule has 0 radical (unpaired) electrons. The number of para-hydroxylation sites is 3. The Morgan fingerprint density at radius 3 is 1.18 bits per heavy atom. The highest BCUT2D eigenvalue weighted by Gasteiger charge is 2.17. The predicted molar refractivity (Wildman–Crippen MR) is 237 cm³/mol. The molecule has 11 rings (SSSR count). The number of hydrogen-bond acceptors (Lipinski definition) is 0. The van der Waals surface area contributed by atoms with E-state index in [1.165, 1.54) is 93.8 Å². The molecule has 0 bridgehead atoms. The van der Waals surface area contributed by atoms with Crippen LogP contribution in [0.3, 0.4) is 0 Å². The largest absolute Gasteiger partial charge is 0.309 e. The van der Waals surface area contributed by atoms with E-state index in [0.717, 1.165) is 5.69 Å². The molecule has 0 saturated carbocycles. The predicted octanol–water partition coefficient (Wildman–Crippen LogP) is 14.5. The van der Waals surface area contributed by atoms with Crippen molar-refractivity contribution >= 4 is 43.6 Å². The van der Waals surface area contributed by atoms with E-state index in [9.17, 15) is 0 Å². The Bertz CT molecular complexity index is 3210. The molecule has 0 atom stereocenters. The third-order valence-electron chi connectivity index (χ3n) is 11.3. The lowest BCUT2D eigenvalue weighted by Gasteiger charge is -2.14. The summed E-state index contributed by atoms with van der Waals surface area (Å²) in [6, 6.07) is 79.3. The monoisotopic (exact) mass is 712 g/mol. The molecule has 0 fully saturated rings. The first-order valence-electron chi connectivity index (χ1n) is 19.3. The quantitative estimate of drug-likeness (QED) is 0.162. The third-order valence-corrected chi connectivity index (χ3v) is 11.3. The molecule has 2 heteroatoms. The highest BCUT2D eigenvalue weighted by molar-refractivity contribution is 6.12. The summed E-state index contributed by atoms with van der Waals surface area (Å²) in [6.07, 6.45) is 0. The van der Waals surface area contributed by atoms with Gasteiger partial charge in [-0.05, 0) is 111 Å². The van der Waals surface area contributed by atoms with Crippen molar-refractivity contribution in [2.45, 2.75) is 0 Å². The molecule has 0 amide bonds. The van der Waals surface area contributed by atoms with E-state index in [4.69, 9.17) is 0 Å². The molecule has 0 spiro atoms. The van der Waals surface area contributed by atoms with Gasteiger partial charge in [0.05, 0.1) is 22.1 Å². The summed E-state index contributed by atoms with van der Waals surface area (Å²) in [5.41, 5.74) is 16.9. The Morgan fingerprint density at radius 2 is 0.607 bits per heavy atom. The van der Waals surface area contributed by atoms with Crippen LogP contribution >= 0.6 is 0 Å². The molecular weight excluding hydrogens is 677 g/mol. The number of benzene rings is 9. The zero-order chi connectivity index (χ0) is 37.0. The highest BCUT2D eigenvalue weighted by atomic mass is 15.0. The summed E-state index contributed by atoms with van der Waals surface area (Å²) in [5, 5.41) is 5.02. The van der Waals surface area contributed by atoms with Crippen LogP contribution in [0.1, 0.15) is 0 Å². The molecule has 2 aromatic heterocycles. The summed E-state index contributed by atoms with van der Waals surface area (Å²) in [6.45, 7) is 0. The summed E-state index contributed by atoms with van der Waals surface area (Å²) >= 11 is 0. The zero-order valence-corrected chi connectivity index (χ0v) is 30.7. The Hall–Kier alpha value is -7.42. The fourth-order valence-corrected chi connectivity index (χ4v) is 8.69. The van der Waals surface area contributed by atoms with Gasteiger partial charge in [0.1, 0.15) is 0 Å². The number of aromatic nitrogens is 2. The molecular formula is C54H36N2. The van der Waals surface area contributed by atoms with Crippen molar-refractivity contribution in [1.29, 1.82) is 0 Å². The van der Waals surface area contributed by atoms with Gasteiger partial charge in [-0.25, -0.2) is 0 Å². The van der Waals surface area contributed by atoms with Gasteiger partial charge in [-0.3, -0.25) is 0 Å². The lowest BCUT2D eigenvalue weighted by atomic mass is 9.91. The summed E-state index contributed by atoms with van der Waals surface area (Å²) in [5.74, 6) is 0. The minimum absolute atomic E-state index is 1.14. The second-order valence-electron chi connectivity index (χ2n) is 14.5. The number of rotatable bonds is 6. The van der Waals surface area contributed by atoms with Gasteiger partial charge in [-0.15, -0.1) is 0 Å². The summed E-state index contributed by atoms with van der Waals surface area (Å²) < 4.78 is 4.78. The number of nitrogens with zero attached hydrogens (tertiary/aromatic N) is 2. The molecule has 0 unspecified atom stereocenters. The number of hydrogen-bond donors (Lipinski definition) is 0. The highest BCUT2D eigenvalue weighted by Crippen LogP contribution is 2.40. The van der Waals surface area contributed by atoms with Crippen molar-refractivity contribution in [3.8, 4) is 55.9 Å². The Kier molecular flexibility index (Phi) is 7.53. The van der Waals surface area contributed by atoms with Gasteiger partial charge < -0.3 is 9.13 Å². The standard InChI is InChI=1S/C54H36N2/c1-4-14-37(15-5-1)40-26-31-45(48(34-40)38-16-6-2-7-17-38)39-24-29-44(30-25-39)56-52-23-13-11-21-47(52)50-36-42(28-33-54(50)56)41-27-32-53-49(35-41)46-20-10-12-22-51(46)55(53)43-18-8-3-9-19-43/h1-36H. The van der Waals surface area contributed by atoms with Gasteiger partial charge >= 0.3 is 0 Å². The molecule has 2 nitrogen and oxygen atoms in total. The Balaban J connectivity index is 1.01. The van der Waals surface area contributed by atoms with Crippen LogP contribution in [0.2, 0.25) is 0 Å². The molecule has 0 aliphatic rings. The van der Waals surface area contributed by atoms with Gasteiger partial charge in [0.25, 0.3) is 0 Å². The van der Waals surface area contributed by atoms with Crippen LogP contribution in [0.15, 0.2) is 218 Å². The average Bonchev–Trinajstić information content (AvgIpc) is 3.79. The fraction of sp³-hybridized carbons (Fsp3) is 0. The van der Waals surface area contributed by atoms with Crippen LogP contribution in [-0.2, 0) is 0 Å². The van der Waals surface area contributed by atoms with Gasteiger partial charge in [-0.2, -0.15) is 0 Å². The van der Waals surface area contributed by atoms with Crippen molar-refractivity contribution in [3.63, 3.8) is 0 Å².